The zero-order valence-corrected chi connectivity index (χ0v) is 18.6. The van der Waals surface area contributed by atoms with Gasteiger partial charge in [-0.15, -0.1) is 0 Å². The van der Waals surface area contributed by atoms with Crippen LogP contribution >= 0.6 is 0 Å². The Morgan fingerprint density at radius 1 is 0.971 bits per heavy atom. The van der Waals surface area contributed by atoms with Crippen LogP contribution in [0.3, 0.4) is 0 Å². The maximum atomic E-state index is 12.8. The summed E-state index contributed by atoms with van der Waals surface area (Å²) in [5.74, 6) is -2.46. The standard InChI is InChI=1S/C22H25N3O2.C2H2O4.H2O/c26-21-22(25(16-23-21)17-6-2-1-3-7-17)11-13-24(14-12-22)19-10-15-27-20-9-5-4-8-18(19)20;3-1(4)2(5)6;/h1-9,19H,10-16H2,(H,23,26);(H,3,4)(H,5,6);1H2/t19-;;/m0../s1. The van der Waals surface area contributed by atoms with Crippen LogP contribution in [0.5, 0.6) is 5.75 Å². The molecule has 2 fully saturated rings. The molecule has 2 saturated heterocycles. The Labute approximate surface area is 197 Å². The molecular weight excluding hydrogens is 442 g/mol. The molecule has 1 spiro atoms. The number of amides is 1. The minimum atomic E-state index is -1.82. The Hall–Kier alpha value is -3.63. The van der Waals surface area contributed by atoms with Crippen molar-refractivity contribution in [3.63, 3.8) is 0 Å². The van der Waals surface area contributed by atoms with Gasteiger partial charge in [-0.1, -0.05) is 36.4 Å². The molecule has 0 aliphatic carbocycles. The van der Waals surface area contributed by atoms with Gasteiger partial charge in [0.05, 0.1) is 13.3 Å². The molecular formula is C24H29N3O7. The second-order valence-corrected chi connectivity index (χ2v) is 8.30. The predicted octanol–water partition coefficient (Wildman–Crippen LogP) is 1.27. The molecule has 1 atom stereocenters. The Balaban J connectivity index is 0.000000415. The van der Waals surface area contributed by atoms with Crippen LogP contribution in [0.4, 0.5) is 5.69 Å². The van der Waals surface area contributed by atoms with E-state index in [1.54, 1.807) is 0 Å². The number of carboxylic acids is 2. The lowest BCUT2D eigenvalue weighted by Gasteiger charge is -2.46. The van der Waals surface area contributed by atoms with E-state index in [-0.39, 0.29) is 11.4 Å². The number of carbonyl (C=O) groups excluding carboxylic acids is 1. The fourth-order valence-corrected chi connectivity index (χ4v) is 4.94. The maximum absolute atomic E-state index is 12.8. The fraction of sp³-hybridized carbons (Fsp3) is 0.375. The van der Waals surface area contributed by atoms with Gasteiger partial charge in [0.25, 0.3) is 0 Å². The number of nitrogens with zero attached hydrogens (tertiary/aromatic N) is 2. The molecule has 5 N–H and O–H groups in total. The van der Waals surface area contributed by atoms with E-state index >= 15 is 0 Å². The first-order chi connectivity index (χ1) is 15.9. The quantitative estimate of drug-likeness (QED) is 0.554. The topological polar surface area (TPSA) is 151 Å². The van der Waals surface area contributed by atoms with Gasteiger partial charge in [0.2, 0.25) is 5.91 Å². The first kappa shape index (κ1) is 25.0. The van der Waals surface area contributed by atoms with E-state index < -0.39 is 17.5 Å². The molecule has 0 aromatic heterocycles. The highest BCUT2D eigenvalue weighted by atomic mass is 16.5. The summed E-state index contributed by atoms with van der Waals surface area (Å²) in [6, 6.07) is 19.1. The van der Waals surface area contributed by atoms with Crippen molar-refractivity contribution in [2.24, 2.45) is 0 Å². The number of benzene rings is 2. The summed E-state index contributed by atoms with van der Waals surface area (Å²) in [5, 5.41) is 17.9. The van der Waals surface area contributed by atoms with Crippen LogP contribution in [0.25, 0.3) is 0 Å². The summed E-state index contributed by atoms with van der Waals surface area (Å²) in [5.41, 5.74) is 2.00. The first-order valence-corrected chi connectivity index (χ1v) is 11.0. The number of carbonyl (C=O) groups is 3. The molecule has 0 saturated carbocycles. The van der Waals surface area contributed by atoms with Gasteiger partial charge in [-0.25, -0.2) is 9.59 Å². The van der Waals surface area contributed by atoms with Crippen molar-refractivity contribution >= 4 is 23.5 Å². The average Bonchev–Trinajstić information content (AvgIpc) is 3.15. The molecule has 10 heteroatoms. The van der Waals surface area contributed by atoms with Crippen molar-refractivity contribution in [2.75, 3.05) is 31.3 Å². The molecule has 0 radical (unpaired) electrons. The normalized spacial score (nSPS) is 20.6. The van der Waals surface area contributed by atoms with E-state index in [4.69, 9.17) is 24.5 Å². The Bertz CT molecular complexity index is 1010. The lowest BCUT2D eigenvalue weighted by molar-refractivity contribution is -0.159. The smallest absolute Gasteiger partial charge is 0.414 e. The van der Waals surface area contributed by atoms with Crippen LogP contribution in [0, 0.1) is 0 Å². The number of carboxylic acid groups (broad SMARTS) is 2. The first-order valence-electron chi connectivity index (χ1n) is 11.0. The number of aliphatic carboxylic acids is 2. The van der Waals surface area contributed by atoms with Crippen LogP contribution in [0.1, 0.15) is 30.9 Å². The number of rotatable bonds is 2. The second kappa shape index (κ2) is 10.5. The van der Waals surface area contributed by atoms with Gasteiger partial charge < -0.3 is 30.6 Å². The van der Waals surface area contributed by atoms with Gasteiger partial charge in [-0.2, -0.15) is 0 Å². The molecule has 1 amide bonds. The summed E-state index contributed by atoms with van der Waals surface area (Å²) < 4.78 is 5.83. The largest absolute Gasteiger partial charge is 0.493 e. The highest BCUT2D eigenvalue weighted by molar-refractivity contribution is 6.27. The summed E-state index contributed by atoms with van der Waals surface area (Å²) in [6.07, 6.45) is 2.72. The van der Waals surface area contributed by atoms with Gasteiger partial charge in [-0.05, 0) is 31.0 Å². The van der Waals surface area contributed by atoms with Gasteiger partial charge >= 0.3 is 11.9 Å². The number of fused-ring (bicyclic) bond motifs is 1. The third-order valence-corrected chi connectivity index (χ3v) is 6.58. The molecule has 3 aliphatic heterocycles. The van der Waals surface area contributed by atoms with Crippen molar-refractivity contribution in [3.05, 3.63) is 60.2 Å². The van der Waals surface area contributed by atoms with Crippen molar-refractivity contribution in [2.45, 2.75) is 30.8 Å². The molecule has 0 unspecified atom stereocenters. The molecule has 10 nitrogen and oxygen atoms in total. The summed E-state index contributed by atoms with van der Waals surface area (Å²) >= 11 is 0. The second-order valence-electron chi connectivity index (χ2n) is 8.30. The van der Waals surface area contributed by atoms with Crippen molar-refractivity contribution in [1.82, 2.24) is 10.2 Å². The molecule has 182 valence electrons. The zero-order chi connectivity index (χ0) is 23.4. The summed E-state index contributed by atoms with van der Waals surface area (Å²) in [6.45, 7) is 3.22. The molecule has 3 aliphatic rings. The monoisotopic (exact) mass is 471 g/mol. The number of nitrogens with one attached hydrogen (secondary N) is 1. The third-order valence-electron chi connectivity index (χ3n) is 6.58. The van der Waals surface area contributed by atoms with Crippen LogP contribution in [0.15, 0.2) is 54.6 Å². The van der Waals surface area contributed by atoms with E-state index in [2.05, 4.69) is 45.4 Å². The van der Waals surface area contributed by atoms with Crippen molar-refractivity contribution in [3.8, 4) is 5.75 Å². The van der Waals surface area contributed by atoms with Crippen LogP contribution in [-0.4, -0.2) is 70.3 Å². The van der Waals surface area contributed by atoms with Crippen LogP contribution in [-0.2, 0) is 14.4 Å². The van der Waals surface area contributed by atoms with Gasteiger partial charge in [0.15, 0.2) is 0 Å². The number of para-hydroxylation sites is 2. The van der Waals surface area contributed by atoms with E-state index in [1.807, 2.05) is 24.3 Å². The SMILES string of the molecule is O.O=C(O)C(=O)O.O=C1NCN(c2ccccc2)C12CCN([C@H]1CCOc3ccccc31)CC2. The molecule has 0 bridgehead atoms. The Morgan fingerprint density at radius 2 is 1.59 bits per heavy atom. The number of piperidine rings is 1. The molecule has 2 aromatic rings. The summed E-state index contributed by atoms with van der Waals surface area (Å²) in [7, 11) is 0. The molecule has 2 aromatic carbocycles. The molecule has 34 heavy (non-hydrogen) atoms. The number of hydrogen-bond donors (Lipinski definition) is 3. The Morgan fingerprint density at radius 3 is 2.24 bits per heavy atom. The van der Waals surface area contributed by atoms with E-state index in [1.165, 1.54) is 5.56 Å². The lowest BCUT2D eigenvalue weighted by atomic mass is 9.84. The minimum Gasteiger partial charge on any atom is -0.493 e. The fourth-order valence-electron chi connectivity index (χ4n) is 4.94. The molecule has 5 rings (SSSR count). The number of hydrogen-bond acceptors (Lipinski definition) is 6. The highest BCUT2D eigenvalue weighted by Gasteiger charge is 2.51. The number of anilines is 1. The highest BCUT2D eigenvalue weighted by Crippen LogP contribution is 2.41. The van der Waals surface area contributed by atoms with E-state index in [9.17, 15) is 4.79 Å². The maximum Gasteiger partial charge on any atom is 0.414 e. The van der Waals surface area contributed by atoms with Gasteiger partial charge in [0, 0.05) is 36.8 Å². The van der Waals surface area contributed by atoms with Crippen molar-refractivity contribution < 1.29 is 34.8 Å². The number of ether oxygens (including phenoxy) is 1. The van der Waals surface area contributed by atoms with Crippen LogP contribution < -0.4 is 15.0 Å². The lowest BCUT2D eigenvalue weighted by Crippen LogP contribution is -2.57. The van der Waals surface area contributed by atoms with Gasteiger partial charge in [-0.3, -0.25) is 9.69 Å². The molecule has 3 heterocycles. The Kier molecular flexibility index (Phi) is 7.75. The average molecular weight is 472 g/mol. The minimum absolute atomic E-state index is 0. The van der Waals surface area contributed by atoms with Crippen molar-refractivity contribution in [1.29, 1.82) is 0 Å². The third kappa shape index (κ3) is 4.82. The van der Waals surface area contributed by atoms with Crippen LogP contribution in [0.2, 0.25) is 0 Å². The predicted molar refractivity (Wildman–Crippen MR) is 124 cm³/mol. The van der Waals surface area contributed by atoms with Gasteiger partial charge in [0.1, 0.15) is 11.3 Å². The number of likely N-dealkylation sites (tertiary alicyclic amines) is 1. The summed E-state index contributed by atoms with van der Waals surface area (Å²) in [4.78, 5) is 35.8. The van der Waals surface area contributed by atoms with E-state index in [0.29, 0.717) is 12.7 Å². The van der Waals surface area contributed by atoms with E-state index in [0.717, 1.165) is 50.4 Å². The zero-order valence-electron chi connectivity index (χ0n) is 18.6.